The molecule has 0 aliphatic heterocycles. The second-order valence-electron chi connectivity index (χ2n) is 2.44. The summed E-state index contributed by atoms with van der Waals surface area (Å²) < 4.78 is 24.3. The quantitative estimate of drug-likeness (QED) is 0.518. The largest absolute Gasteiger partial charge is 0.392 e. The van der Waals surface area contributed by atoms with Crippen LogP contribution in [0.1, 0.15) is 5.56 Å². The summed E-state index contributed by atoms with van der Waals surface area (Å²) in [6.07, 6.45) is 0. The van der Waals surface area contributed by atoms with Crippen LogP contribution in [0.4, 0.5) is 8.78 Å². The highest BCUT2D eigenvalue weighted by atomic mass is 35.5. The molecule has 1 rings (SSSR count). The number of Topliss-reactive ketones (excluding diaryl/α,β-unsaturated/α-hetero) is 1. The number of carbonyl (C=O) groups excluding carboxylic acids is 1. The highest BCUT2D eigenvalue weighted by molar-refractivity contribution is 6.35. The normalized spacial score (nSPS) is 10.2. The molecule has 0 N–H and O–H groups in total. The van der Waals surface area contributed by atoms with Gasteiger partial charge in [-0.25, -0.2) is 0 Å². The first-order valence-electron chi connectivity index (χ1n) is 3.68. The summed E-state index contributed by atoms with van der Waals surface area (Å²) >= 11 is 4.46. The van der Waals surface area contributed by atoms with Crippen LogP contribution in [0.15, 0.2) is 30.3 Å². The molecule has 0 aliphatic rings. The second kappa shape index (κ2) is 4.21. The number of alkyl halides is 3. The van der Waals surface area contributed by atoms with Gasteiger partial charge in [0, 0.05) is 5.56 Å². The SMILES string of the molecule is O=C(C#Cc1ccccc1)C(F)(F)Cl. The Morgan fingerprint density at radius 1 is 1.29 bits per heavy atom. The van der Waals surface area contributed by atoms with Crippen molar-refractivity contribution in [1.29, 1.82) is 0 Å². The van der Waals surface area contributed by atoms with Gasteiger partial charge < -0.3 is 0 Å². The predicted molar refractivity (Wildman–Crippen MR) is 49.1 cm³/mol. The number of rotatable bonds is 1. The maximum atomic E-state index is 12.1. The zero-order valence-electron chi connectivity index (χ0n) is 6.93. The zero-order chi connectivity index (χ0) is 10.6. The van der Waals surface area contributed by atoms with Gasteiger partial charge in [0.2, 0.25) is 0 Å². The van der Waals surface area contributed by atoms with Gasteiger partial charge in [-0.15, -0.1) is 0 Å². The van der Waals surface area contributed by atoms with Gasteiger partial charge in [-0.3, -0.25) is 4.79 Å². The van der Waals surface area contributed by atoms with E-state index in [4.69, 9.17) is 0 Å². The Labute approximate surface area is 84.7 Å². The molecule has 0 amide bonds. The van der Waals surface area contributed by atoms with E-state index >= 15 is 0 Å². The Kier molecular flexibility index (Phi) is 3.21. The van der Waals surface area contributed by atoms with E-state index in [1.807, 2.05) is 0 Å². The fourth-order valence-corrected chi connectivity index (χ4v) is 0.769. The molecule has 0 bridgehead atoms. The molecule has 1 aromatic rings. The number of carbonyl (C=O) groups is 1. The maximum Gasteiger partial charge on any atom is 0.392 e. The molecule has 0 aromatic heterocycles. The van der Waals surface area contributed by atoms with E-state index in [1.165, 1.54) is 0 Å². The Bertz CT molecular complexity index is 384. The van der Waals surface area contributed by atoms with Crippen LogP contribution in [-0.4, -0.2) is 11.2 Å². The molecule has 0 fully saturated rings. The third-order valence-electron chi connectivity index (χ3n) is 1.35. The number of halogens is 3. The molecule has 0 aliphatic carbocycles. The van der Waals surface area contributed by atoms with E-state index in [0.717, 1.165) is 0 Å². The molecule has 1 nitrogen and oxygen atoms in total. The van der Waals surface area contributed by atoms with E-state index in [9.17, 15) is 13.6 Å². The molecule has 14 heavy (non-hydrogen) atoms. The van der Waals surface area contributed by atoms with Crippen LogP contribution in [0, 0.1) is 11.8 Å². The first-order valence-corrected chi connectivity index (χ1v) is 4.06. The van der Waals surface area contributed by atoms with Crippen LogP contribution >= 0.6 is 11.6 Å². The van der Waals surface area contributed by atoms with Crippen LogP contribution in [0.5, 0.6) is 0 Å². The van der Waals surface area contributed by atoms with E-state index < -0.39 is 11.2 Å². The van der Waals surface area contributed by atoms with Gasteiger partial charge >= 0.3 is 5.38 Å². The average molecular weight is 215 g/mol. The van der Waals surface area contributed by atoms with Crippen molar-refractivity contribution < 1.29 is 13.6 Å². The summed E-state index contributed by atoms with van der Waals surface area (Å²) in [5.74, 6) is 2.46. The average Bonchev–Trinajstić information content (AvgIpc) is 2.14. The summed E-state index contributed by atoms with van der Waals surface area (Å²) in [5.41, 5.74) is 0.488. The summed E-state index contributed by atoms with van der Waals surface area (Å²) in [5, 5.41) is -3.90. The van der Waals surface area contributed by atoms with Crippen LogP contribution in [0.3, 0.4) is 0 Å². The lowest BCUT2D eigenvalue weighted by atomic mass is 10.2. The van der Waals surface area contributed by atoms with Crippen LogP contribution in [0.2, 0.25) is 0 Å². The Hall–Kier alpha value is -1.40. The lowest BCUT2D eigenvalue weighted by Gasteiger charge is -1.97. The van der Waals surface area contributed by atoms with E-state index in [2.05, 4.69) is 17.5 Å². The molecule has 72 valence electrons. The Morgan fingerprint density at radius 3 is 2.36 bits per heavy atom. The highest BCUT2D eigenvalue weighted by Gasteiger charge is 2.34. The van der Waals surface area contributed by atoms with Crippen molar-refractivity contribution in [3.05, 3.63) is 35.9 Å². The molecule has 4 heteroatoms. The molecule has 0 heterocycles. The van der Waals surface area contributed by atoms with Gasteiger partial charge in [0.15, 0.2) is 0 Å². The standard InChI is InChI=1S/C10H5ClF2O/c11-10(12,13)9(14)7-6-8-4-2-1-3-5-8/h1-5H. The molecule has 0 saturated carbocycles. The zero-order valence-corrected chi connectivity index (χ0v) is 7.68. The topological polar surface area (TPSA) is 17.1 Å². The molecule has 0 radical (unpaired) electrons. The van der Waals surface area contributed by atoms with Crippen molar-refractivity contribution >= 4 is 17.4 Å². The van der Waals surface area contributed by atoms with Crippen LogP contribution in [0.25, 0.3) is 0 Å². The first kappa shape index (κ1) is 10.7. The summed E-state index contributed by atoms with van der Waals surface area (Å²) in [7, 11) is 0. The van der Waals surface area contributed by atoms with E-state index in [-0.39, 0.29) is 0 Å². The van der Waals surface area contributed by atoms with Crippen molar-refractivity contribution in [3.63, 3.8) is 0 Å². The minimum absolute atomic E-state index is 0.488. The van der Waals surface area contributed by atoms with Gasteiger partial charge in [-0.05, 0) is 29.7 Å². The molecular formula is C10H5ClF2O. The maximum absolute atomic E-state index is 12.1. The van der Waals surface area contributed by atoms with Crippen molar-refractivity contribution in [1.82, 2.24) is 0 Å². The molecule has 0 saturated heterocycles. The number of hydrogen-bond acceptors (Lipinski definition) is 1. The second-order valence-corrected chi connectivity index (χ2v) is 2.92. The summed E-state index contributed by atoms with van der Waals surface area (Å²) in [6, 6.07) is 8.34. The van der Waals surface area contributed by atoms with E-state index in [1.54, 1.807) is 36.3 Å². The Morgan fingerprint density at radius 2 is 1.86 bits per heavy atom. The van der Waals surface area contributed by atoms with Crippen molar-refractivity contribution in [2.24, 2.45) is 0 Å². The fraction of sp³-hybridized carbons (Fsp3) is 0.100. The van der Waals surface area contributed by atoms with Gasteiger partial charge in [0.1, 0.15) is 0 Å². The molecule has 1 aromatic carbocycles. The number of benzene rings is 1. The summed E-state index contributed by atoms with van der Waals surface area (Å²) in [6.45, 7) is 0. The number of ketones is 1. The molecule has 0 atom stereocenters. The van der Waals surface area contributed by atoms with Gasteiger partial charge in [-0.1, -0.05) is 24.1 Å². The predicted octanol–water partition coefficient (Wildman–Crippen LogP) is 2.44. The first-order chi connectivity index (χ1) is 6.50. The molecule has 0 spiro atoms. The van der Waals surface area contributed by atoms with Gasteiger partial charge in [-0.2, -0.15) is 8.78 Å². The minimum Gasteiger partial charge on any atom is -0.276 e. The summed E-state index contributed by atoms with van der Waals surface area (Å²) in [4.78, 5) is 10.6. The third kappa shape index (κ3) is 3.15. The van der Waals surface area contributed by atoms with Crippen LogP contribution in [-0.2, 0) is 4.79 Å². The molecular weight excluding hydrogens is 210 g/mol. The minimum atomic E-state index is -3.90. The third-order valence-corrected chi connectivity index (χ3v) is 1.52. The smallest absolute Gasteiger partial charge is 0.276 e. The lowest BCUT2D eigenvalue weighted by Crippen LogP contribution is -2.18. The number of hydrogen-bond donors (Lipinski definition) is 0. The van der Waals surface area contributed by atoms with E-state index in [0.29, 0.717) is 5.56 Å². The molecule has 0 unspecified atom stereocenters. The fourth-order valence-electron chi connectivity index (χ4n) is 0.721. The van der Waals surface area contributed by atoms with Crippen molar-refractivity contribution in [2.45, 2.75) is 5.38 Å². The monoisotopic (exact) mass is 214 g/mol. The lowest BCUT2D eigenvalue weighted by molar-refractivity contribution is -0.127. The van der Waals surface area contributed by atoms with Crippen molar-refractivity contribution in [3.8, 4) is 11.8 Å². The Balaban J connectivity index is 2.80. The van der Waals surface area contributed by atoms with Crippen molar-refractivity contribution in [2.75, 3.05) is 0 Å². The highest BCUT2D eigenvalue weighted by Crippen LogP contribution is 2.19. The van der Waals surface area contributed by atoms with Gasteiger partial charge in [0.05, 0.1) is 0 Å². The van der Waals surface area contributed by atoms with Gasteiger partial charge in [0.25, 0.3) is 5.78 Å². The van der Waals surface area contributed by atoms with Crippen LogP contribution < -0.4 is 0 Å².